The summed E-state index contributed by atoms with van der Waals surface area (Å²) in [7, 11) is -3.89. The van der Waals surface area contributed by atoms with E-state index in [1.807, 2.05) is 73.9 Å². The Morgan fingerprint density at radius 3 is 1.43 bits per heavy atom. The zero-order valence-corrected chi connectivity index (χ0v) is 66.8. The molecule has 0 spiro atoms. The third-order valence-electron chi connectivity index (χ3n) is 23.5. The van der Waals surface area contributed by atoms with Crippen molar-refractivity contribution in [1.82, 2.24) is 67.9 Å². The lowest BCUT2D eigenvalue weighted by Crippen LogP contribution is -2.47. The molecular formula is C89H92F2N18O9S. The lowest BCUT2D eigenvalue weighted by Gasteiger charge is -2.35. The number of nitrogens with zero attached hydrogens (tertiary/aromatic N) is 15. The van der Waals surface area contributed by atoms with E-state index in [4.69, 9.17) is 14.2 Å². The Hall–Kier alpha value is -12.5. The van der Waals surface area contributed by atoms with Crippen molar-refractivity contribution in [3.05, 3.63) is 256 Å². The van der Waals surface area contributed by atoms with E-state index in [0.717, 1.165) is 183 Å². The molecule has 27 nitrogen and oxygen atoms in total. The zero-order chi connectivity index (χ0) is 81.8. The molecule has 6 fully saturated rings. The minimum atomic E-state index is -3.89. The summed E-state index contributed by atoms with van der Waals surface area (Å²) >= 11 is 0. The summed E-state index contributed by atoms with van der Waals surface area (Å²) in [6, 6.07) is 54.4. The predicted molar refractivity (Wildman–Crippen MR) is 451 cm³/mol. The van der Waals surface area contributed by atoms with Crippen molar-refractivity contribution in [3.8, 4) is 22.8 Å². The molecule has 4 amide bonds. The van der Waals surface area contributed by atoms with Gasteiger partial charge in [-0.1, -0.05) is 78.4 Å². The number of pyridine rings is 4. The van der Waals surface area contributed by atoms with Crippen LogP contribution in [-0.2, 0) is 46.6 Å². The van der Waals surface area contributed by atoms with E-state index in [2.05, 4.69) is 114 Å². The van der Waals surface area contributed by atoms with E-state index in [9.17, 15) is 46.0 Å². The number of aromatic nitrogens is 10. The molecule has 5 aromatic carbocycles. The number of para-hydroxylation sites is 4. The number of hydrogen-bond donors (Lipinski definition) is 3. The fourth-order valence-corrected chi connectivity index (χ4v) is 18.4. The highest BCUT2D eigenvalue weighted by atomic mass is 32.2. The normalized spacial score (nSPS) is 18.7. The van der Waals surface area contributed by atoms with Gasteiger partial charge in [0.1, 0.15) is 46.6 Å². The number of carbonyl (C=O) groups excluding carboxylic acids is 4. The van der Waals surface area contributed by atoms with Crippen LogP contribution in [0.15, 0.2) is 221 Å². The minimum Gasteiger partial charge on any atom is -0.363 e. The number of anilines is 4. The first-order valence-corrected chi connectivity index (χ1v) is 42.3. The number of rotatable bonds is 20. The highest BCUT2D eigenvalue weighted by Gasteiger charge is 2.35. The number of fused-ring (bicyclic) bond motifs is 4. The van der Waals surface area contributed by atoms with E-state index in [0.29, 0.717) is 29.5 Å². The number of imide groups is 2. The van der Waals surface area contributed by atoms with E-state index in [1.54, 1.807) is 69.8 Å². The molecule has 0 aliphatic carbocycles. The van der Waals surface area contributed by atoms with E-state index in [1.165, 1.54) is 33.4 Å². The first kappa shape index (κ1) is 79.0. The second-order valence-electron chi connectivity index (χ2n) is 31.0. The van der Waals surface area contributed by atoms with Crippen molar-refractivity contribution >= 4 is 90.1 Å². The van der Waals surface area contributed by atoms with Crippen molar-refractivity contribution in [2.45, 2.75) is 113 Å². The van der Waals surface area contributed by atoms with E-state index < -0.39 is 34.0 Å². The van der Waals surface area contributed by atoms with Gasteiger partial charge in [-0.05, 0) is 185 Å². The van der Waals surface area contributed by atoms with E-state index >= 15 is 0 Å². The van der Waals surface area contributed by atoms with Gasteiger partial charge >= 0.3 is 11.4 Å². The smallest absolute Gasteiger partial charge is 0.329 e. The molecule has 13 aromatic rings. The Kier molecular flexibility index (Phi) is 23.0. The third kappa shape index (κ3) is 16.8. The number of piperazine rings is 2. The van der Waals surface area contributed by atoms with Gasteiger partial charge in [-0.3, -0.25) is 66.0 Å². The van der Waals surface area contributed by atoms with Crippen molar-refractivity contribution < 1.29 is 40.6 Å². The molecule has 119 heavy (non-hydrogen) atoms. The Balaban J connectivity index is 0.000000135. The SMILES string of the molecule is Cc1ccc(S(=O)(=O)OCCCn2c(=O)n(C3CCC(=O)NC3=O)c3ccccc32)cc1.Fc1cccc([C@H]2CCCN2c2ccc3ncc(-c4cccc(N5CCNCC5)n4)n3c2)c1.O=C1CCC(n2c(=O)n(CCCN3CCN(c4cccc(-c5cnc6ccc(N7CCC[C@@H]7c7cccc(F)c7)cn56)n4)CC3)c3ccccc32)C(=O)N1. The molecule has 19 rings (SSSR count). The van der Waals surface area contributed by atoms with Gasteiger partial charge in [-0.2, -0.15) is 8.42 Å². The number of hydrogen-bond acceptors (Lipinski definition) is 19. The maximum Gasteiger partial charge on any atom is 0.329 e. The largest absolute Gasteiger partial charge is 0.363 e. The van der Waals surface area contributed by atoms with Crippen molar-refractivity contribution in [3.63, 3.8) is 0 Å². The van der Waals surface area contributed by atoms with Gasteiger partial charge in [0.05, 0.1) is 92.2 Å². The number of halogens is 2. The molecule has 2 unspecified atom stereocenters. The fourth-order valence-electron chi connectivity index (χ4n) is 17.5. The van der Waals surface area contributed by atoms with E-state index in [-0.39, 0.29) is 90.6 Å². The molecule has 8 aromatic heterocycles. The molecule has 0 saturated carbocycles. The Labute approximate surface area is 685 Å². The number of imidazole rings is 4. The number of piperidine rings is 2. The van der Waals surface area contributed by atoms with Crippen LogP contribution in [0.3, 0.4) is 0 Å². The number of amides is 4. The molecule has 3 N–H and O–H groups in total. The lowest BCUT2D eigenvalue weighted by atomic mass is 10.0. The van der Waals surface area contributed by atoms with Gasteiger partial charge in [-0.25, -0.2) is 38.3 Å². The average Bonchev–Trinajstić information content (AvgIpc) is 1.60. The molecule has 0 radical (unpaired) electrons. The second kappa shape index (κ2) is 34.6. The van der Waals surface area contributed by atoms with Crippen LogP contribution in [0, 0.1) is 18.6 Å². The molecule has 6 aliphatic heterocycles. The average molecular weight is 1630 g/mol. The van der Waals surface area contributed by atoms with Crippen LogP contribution in [0.5, 0.6) is 0 Å². The maximum atomic E-state index is 14.1. The van der Waals surface area contributed by atoms with Gasteiger partial charge in [-0.15, -0.1) is 0 Å². The Morgan fingerprint density at radius 2 is 0.941 bits per heavy atom. The number of carbonyl (C=O) groups is 4. The monoisotopic (exact) mass is 1630 g/mol. The summed E-state index contributed by atoms with van der Waals surface area (Å²) in [5, 5.41) is 8.07. The van der Waals surface area contributed by atoms with Crippen molar-refractivity contribution in [1.29, 1.82) is 0 Å². The van der Waals surface area contributed by atoms with Crippen LogP contribution in [0.1, 0.15) is 105 Å². The van der Waals surface area contributed by atoms with Crippen LogP contribution >= 0.6 is 0 Å². The minimum absolute atomic E-state index is 0.0785. The second-order valence-corrected chi connectivity index (χ2v) is 32.6. The van der Waals surface area contributed by atoms with Crippen LogP contribution in [0.2, 0.25) is 0 Å². The summed E-state index contributed by atoms with van der Waals surface area (Å²) in [6.07, 6.45) is 14.2. The predicted octanol–water partition coefficient (Wildman–Crippen LogP) is 11.4. The van der Waals surface area contributed by atoms with Gasteiger partial charge in [0.15, 0.2) is 0 Å². The topological polar surface area (TPSA) is 278 Å². The Morgan fingerprint density at radius 1 is 0.471 bits per heavy atom. The van der Waals surface area contributed by atoms with Gasteiger partial charge in [0.25, 0.3) is 10.1 Å². The Bertz CT molecular complexity index is 6200. The van der Waals surface area contributed by atoms with Gasteiger partial charge < -0.3 is 24.9 Å². The summed E-state index contributed by atoms with van der Waals surface area (Å²) in [5.74, 6) is -0.0224. The summed E-state index contributed by atoms with van der Waals surface area (Å²) in [4.78, 5) is 106. The van der Waals surface area contributed by atoms with Crippen LogP contribution in [0.25, 0.3) is 56.1 Å². The molecule has 6 saturated heterocycles. The molecule has 14 heterocycles. The van der Waals surface area contributed by atoms with Gasteiger partial charge in [0, 0.05) is 104 Å². The zero-order valence-electron chi connectivity index (χ0n) is 66.0. The first-order valence-electron chi connectivity index (χ1n) is 40.8. The highest BCUT2D eigenvalue weighted by Crippen LogP contribution is 2.40. The number of benzene rings is 5. The highest BCUT2D eigenvalue weighted by molar-refractivity contribution is 7.86. The summed E-state index contributed by atoms with van der Waals surface area (Å²) in [6.45, 7) is 12.5. The quantitative estimate of drug-likeness (QED) is 0.0363. The first-order chi connectivity index (χ1) is 57.9. The maximum absolute atomic E-state index is 14.1. The van der Waals surface area contributed by atoms with Crippen molar-refractivity contribution in [2.24, 2.45) is 0 Å². The number of nitrogens with one attached hydrogen (secondary N) is 3. The van der Waals surface area contributed by atoms with Crippen molar-refractivity contribution in [2.75, 3.05) is 98.2 Å². The molecular weight excluding hydrogens is 1540 g/mol. The van der Waals surface area contributed by atoms with Gasteiger partial charge in [0.2, 0.25) is 23.6 Å². The standard InChI is InChI=1S/C41H42FN9O3.C26H27FN6.C22H23N3O6S/c42-29-8-3-7-28(25-29)32-12-5-19-48(32)30-14-16-37-43-26-36(50(37)27-30)31-9-4-13-38(44-31)47-23-21-46(22-24-47)18-6-20-49-33-10-1-2-11-34(33)51(41(49)54)35-15-17-39(52)45-40(35)53;27-20-5-1-4-19(16-20)23-7-3-13-32(23)21-9-10-25-29-17-24(33(25)18-21)22-6-2-8-26(30-22)31-14-11-28-12-15-31;1-15-7-9-16(10-8-15)32(29,30)31-14-4-13-24-17-5-2-3-6-18(17)25(22(24)28)19-11-12-20(26)23-21(19)27/h1-4,7-11,13-14,16,25-27,32,35H,5-6,12,15,17-24H2,(H,45,52,53);1-2,4-6,8-10,16-18,23,28H,3,7,11-15H2;2-3,5-10,19H,4,11-14H2,1H3,(H,23,26,27)/t32-,35?;23-;/m11./s1. The lowest BCUT2D eigenvalue weighted by molar-refractivity contribution is -0.137. The van der Waals surface area contributed by atoms with Crippen LogP contribution in [0.4, 0.5) is 31.8 Å². The fraction of sp³-hybridized carbons (Fsp3) is 0.326. The summed E-state index contributed by atoms with van der Waals surface area (Å²) in [5.41, 5.74) is 12.7. The molecule has 0 bridgehead atoms. The molecule has 4 atom stereocenters. The molecule has 6 aliphatic rings. The number of aryl methyl sites for hydroxylation is 3. The molecule has 30 heteroatoms. The molecule has 612 valence electrons. The third-order valence-corrected chi connectivity index (χ3v) is 24.8. The van der Waals surface area contributed by atoms with Crippen LogP contribution < -0.4 is 46.9 Å². The summed E-state index contributed by atoms with van der Waals surface area (Å²) < 4.78 is 68.3. The van der Waals surface area contributed by atoms with Crippen LogP contribution in [-0.4, -0.2) is 163 Å².